The monoisotopic (exact) mass is 243 g/mol. The van der Waals surface area contributed by atoms with E-state index in [1.165, 1.54) is 32.5 Å². The summed E-state index contributed by atoms with van der Waals surface area (Å²) >= 11 is 0. The molecule has 1 atom stereocenters. The average molecular weight is 243 g/mol. The van der Waals surface area contributed by atoms with Crippen LogP contribution in [0.25, 0.3) is 0 Å². The van der Waals surface area contributed by atoms with E-state index in [0.717, 1.165) is 19.1 Å². The molecule has 0 bridgehead atoms. The molecule has 1 aliphatic rings. The molecule has 1 heterocycles. The maximum absolute atomic E-state index is 5.70. The van der Waals surface area contributed by atoms with Gasteiger partial charge in [0, 0.05) is 26.2 Å². The van der Waals surface area contributed by atoms with E-state index in [4.69, 9.17) is 10.5 Å². The lowest BCUT2D eigenvalue weighted by molar-refractivity contribution is 0.0393. The molecule has 1 unspecified atom stereocenters. The number of hydrogen-bond donors (Lipinski definition) is 1. The Morgan fingerprint density at radius 1 is 1.41 bits per heavy atom. The number of hydrogen-bond acceptors (Lipinski definition) is 4. The van der Waals surface area contributed by atoms with Crippen molar-refractivity contribution in [3.05, 3.63) is 0 Å². The molecule has 0 amide bonds. The van der Waals surface area contributed by atoms with E-state index in [1.54, 1.807) is 0 Å². The first-order valence-electron chi connectivity index (χ1n) is 6.84. The third-order valence-electron chi connectivity index (χ3n) is 3.59. The van der Waals surface area contributed by atoms with Gasteiger partial charge in [-0.1, -0.05) is 0 Å². The number of piperidine rings is 1. The highest BCUT2D eigenvalue weighted by Crippen LogP contribution is 2.16. The molecule has 1 fully saturated rings. The van der Waals surface area contributed by atoms with Crippen molar-refractivity contribution in [2.75, 3.05) is 53.4 Å². The number of nitrogens with zero attached hydrogens (tertiary/aromatic N) is 2. The van der Waals surface area contributed by atoms with Gasteiger partial charge in [-0.05, 0) is 52.9 Å². The Morgan fingerprint density at radius 3 is 2.59 bits per heavy atom. The number of nitrogens with two attached hydrogens (primary N) is 1. The number of ether oxygens (including phenoxy) is 1. The minimum absolute atomic E-state index is 0.191. The fourth-order valence-electron chi connectivity index (χ4n) is 2.54. The quantitative estimate of drug-likeness (QED) is 0.712. The Bertz CT molecular complexity index is 193. The van der Waals surface area contributed by atoms with Crippen LogP contribution in [0.3, 0.4) is 0 Å². The molecule has 0 radical (unpaired) electrons. The second-order valence-electron chi connectivity index (χ2n) is 5.28. The zero-order valence-corrected chi connectivity index (χ0v) is 11.7. The van der Waals surface area contributed by atoms with Gasteiger partial charge in [-0.15, -0.1) is 0 Å². The lowest BCUT2D eigenvalue weighted by Gasteiger charge is -2.32. The maximum atomic E-state index is 5.70. The molecule has 0 aromatic carbocycles. The van der Waals surface area contributed by atoms with E-state index in [-0.39, 0.29) is 6.10 Å². The van der Waals surface area contributed by atoms with Crippen molar-refractivity contribution in [1.82, 2.24) is 9.80 Å². The van der Waals surface area contributed by atoms with Gasteiger partial charge in [0.2, 0.25) is 0 Å². The average Bonchev–Trinajstić information content (AvgIpc) is 2.31. The predicted octanol–water partition coefficient (Wildman–Crippen LogP) is 0.624. The summed E-state index contributed by atoms with van der Waals surface area (Å²) in [5.41, 5.74) is 5.70. The van der Waals surface area contributed by atoms with Crippen LogP contribution < -0.4 is 5.73 Å². The van der Waals surface area contributed by atoms with Crippen molar-refractivity contribution >= 4 is 0 Å². The van der Waals surface area contributed by atoms with E-state index >= 15 is 0 Å². The van der Waals surface area contributed by atoms with E-state index < -0.39 is 0 Å². The number of likely N-dealkylation sites (N-methyl/N-ethyl adjacent to an activating group) is 1. The molecule has 1 aliphatic heterocycles. The molecule has 0 aliphatic carbocycles. The predicted molar refractivity (Wildman–Crippen MR) is 72.2 cm³/mol. The summed E-state index contributed by atoms with van der Waals surface area (Å²) in [6, 6.07) is 0. The van der Waals surface area contributed by atoms with E-state index in [1.807, 2.05) is 6.92 Å². The molecule has 0 spiro atoms. The number of likely N-dealkylation sites (tertiary alicyclic amines) is 1. The van der Waals surface area contributed by atoms with E-state index in [0.29, 0.717) is 6.54 Å². The normalized spacial score (nSPS) is 21.0. The highest BCUT2D eigenvalue weighted by molar-refractivity contribution is 4.74. The topological polar surface area (TPSA) is 41.7 Å². The summed E-state index contributed by atoms with van der Waals surface area (Å²) in [5, 5.41) is 0. The van der Waals surface area contributed by atoms with E-state index in [2.05, 4.69) is 23.9 Å². The summed E-state index contributed by atoms with van der Waals surface area (Å²) in [7, 11) is 4.39. The molecule has 1 saturated heterocycles. The highest BCUT2D eigenvalue weighted by atomic mass is 16.5. The summed E-state index contributed by atoms with van der Waals surface area (Å²) in [6.07, 6.45) is 2.84. The van der Waals surface area contributed by atoms with Gasteiger partial charge in [0.15, 0.2) is 0 Å². The molecular weight excluding hydrogens is 214 g/mol. The molecule has 17 heavy (non-hydrogen) atoms. The van der Waals surface area contributed by atoms with Crippen LogP contribution in [0.1, 0.15) is 19.8 Å². The van der Waals surface area contributed by atoms with Crippen LogP contribution in [0, 0.1) is 5.92 Å². The first-order valence-corrected chi connectivity index (χ1v) is 6.84. The molecule has 4 heteroatoms. The van der Waals surface area contributed by atoms with Gasteiger partial charge in [0.1, 0.15) is 0 Å². The Morgan fingerprint density at radius 2 is 2.06 bits per heavy atom. The van der Waals surface area contributed by atoms with Gasteiger partial charge in [-0.3, -0.25) is 0 Å². The zero-order chi connectivity index (χ0) is 12.7. The third-order valence-corrected chi connectivity index (χ3v) is 3.59. The zero-order valence-electron chi connectivity index (χ0n) is 11.7. The molecule has 102 valence electrons. The Hall–Kier alpha value is -0.160. The van der Waals surface area contributed by atoms with Crippen molar-refractivity contribution in [2.45, 2.75) is 25.9 Å². The summed E-state index contributed by atoms with van der Waals surface area (Å²) in [5.74, 6) is 0.844. The van der Waals surface area contributed by atoms with Crippen LogP contribution in [0.5, 0.6) is 0 Å². The lowest BCUT2D eigenvalue weighted by Crippen LogP contribution is -2.40. The smallest absolute Gasteiger partial charge is 0.0823 e. The van der Waals surface area contributed by atoms with Crippen molar-refractivity contribution < 1.29 is 4.74 Å². The molecule has 2 N–H and O–H groups in total. The van der Waals surface area contributed by atoms with Crippen molar-refractivity contribution in [1.29, 1.82) is 0 Å². The Balaban J connectivity index is 2.21. The van der Waals surface area contributed by atoms with Crippen molar-refractivity contribution in [2.24, 2.45) is 11.7 Å². The summed E-state index contributed by atoms with van der Waals surface area (Å²) in [6.45, 7) is 8.01. The maximum Gasteiger partial charge on any atom is 0.0823 e. The largest absolute Gasteiger partial charge is 0.376 e. The minimum atomic E-state index is 0.191. The second kappa shape index (κ2) is 8.03. The van der Waals surface area contributed by atoms with Crippen LogP contribution in [0.2, 0.25) is 0 Å². The van der Waals surface area contributed by atoms with Gasteiger partial charge >= 0.3 is 0 Å². The van der Waals surface area contributed by atoms with Crippen molar-refractivity contribution in [3.63, 3.8) is 0 Å². The van der Waals surface area contributed by atoms with Gasteiger partial charge in [0.05, 0.1) is 6.10 Å². The van der Waals surface area contributed by atoms with Crippen LogP contribution in [0.15, 0.2) is 0 Å². The van der Waals surface area contributed by atoms with Gasteiger partial charge in [-0.25, -0.2) is 0 Å². The van der Waals surface area contributed by atoms with Crippen molar-refractivity contribution in [3.8, 4) is 0 Å². The lowest BCUT2D eigenvalue weighted by atomic mass is 9.96. The van der Waals surface area contributed by atoms with Crippen LogP contribution >= 0.6 is 0 Å². The van der Waals surface area contributed by atoms with Gasteiger partial charge in [-0.2, -0.15) is 0 Å². The minimum Gasteiger partial charge on any atom is -0.376 e. The van der Waals surface area contributed by atoms with Gasteiger partial charge < -0.3 is 20.3 Å². The third kappa shape index (κ3) is 5.82. The fourth-order valence-corrected chi connectivity index (χ4v) is 2.54. The van der Waals surface area contributed by atoms with Crippen LogP contribution in [0.4, 0.5) is 0 Å². The molecule has 0 saturated carbocycles. The molecule has 0 aromatic rings. The number of rotatable bonds is 7. The first kappa shape index (κ1) is 14.9. The molecule has 4 nitrogen and oxygen atoms in total. The summed E-state index contributed by atoms with van der Waals surface area (Å²) < 4.78 is 5.59. The molecule has 0 aromatic heterocycles. The van der Waals surface area contributed by atoms with Crippen LogP contribution in [-0.2, 0) is 4.74 Å². The molecular formula is C13H29N3O. The Labute approximate surface area is 106 Å². The fraction of sp³-hybridized carbons (Fsp3) is 1.00. The summed E-state index contributed by atoms with van der Waals surface area (Å²) in [4.78, 5) is 4.79. The van der Waals surface area contributed by atoms with Gasteiger partial charge in [0.25, 0.3) is 0 Å². The Kier molecular flexibility index (Phi) is 7.04. The molecule has 1 rings (SSSR count). The second-order valence-corrected chi connectivity index (χ2v) is 5.28. The van der Waals surface area contributed by atoms with Crippen LogP contribution in [-0.4, -0.2) is 69.3 Å². The standard InChI is InChI=1S/C13H29N3O/c1-4-17-13(9-14)11-16(3)10-12-5-7-15(2)8-6-12/h12-13H,4-11,14H2,1-3H3. The highest BCUT2D eigenvalue weighted by Gasteiger charge is 2.19. The van der Waals surface area contributed by atoms with E-state index in [9.17, 15) is 0 Å². The first-order chi connectivity index (χ1) is 8.15. The SMILES string of the molecule is CCOC(CN)CN(C)CC1CCN(C)CC1.